The van der Waals surface area contributed by atoms with E-state index in [1.165, 1.54) is 4.68 Å². The quantitative estimate of drug-likeness (QED) is 0.771. The molecule has 1 aromatic heterocycles. The Morgan fingerprint density at radius 2 is 2.16 bits per heavy atom. The monoisotopic (exact) mass is 262 g/mol. The number of aryl methyl sites for hydroxylation is 1. The first kappa shape index (κ1) is 13.0. The number of hydrogen-bond acceptors (Lipinski definition) is 6. The van der Waals surface area contributed by atoms with Crippen LogP contribution in [0.3, 0.4) is 0 Å². The topological polar surface area (TPSA) is 79.1 Å². The summed E-state index contributed by atoms with van der Waals surface area (Å²) in [6, 6.07) is 6.80. The van der Waals surface area contributed by atoms with Crippen LogP contribution >= 0.6 is 0 Å². The van der Waals surface area contributed by atoms with Gasteiger partial charge in [-0.1, -0.05) is 11.2 Å². The third-order valence-electron chi connectivity index (χ3n) is 2.21. The molecule has 0 saturated carbocycles. The molecule has 0 aliphatic carbocycles. The zero-order valence-corrected chi connectivity index (χ0v) is 10.9. The average Bonchev–Trinajstić information content (AvgIpc) is 2.74. The predicted molar refractivity (Wildman–Crippen MR) is 66.0 cm³/mol. The summed E-state index contributed by atoms with van der Waals surface area (Å²) < 4.78 is 11.8. The maximum Gasteiger partial charge on any atom is 0.346 e. The zero-order chi connectivity index (χ0) is 13.8. The highest BCUT2D eigenvalue weighted by molar-refractivity contribution is 5.91. The maximum absolute atomic E-state index is 11.9. The SMILES string of the molecule is CC(C)Oc1cccc(C(=O)Oc2nnnn2C)c1. The molecule has 1 heterocycles. The average molecular weight is 262 g/mol. The molecule has 0 aliphatic rings. The van der Waals surface area contributed by atoms with Gasteiger partial charge >= 0.3 is 12.0 Å². The smallest absolute Gasteiger partial charge is 0.346 e. The van der Waals surface area contributed by atoms with Crippen molar-refractivity contribution in [3.63, 3.8) is 0 Å². The fraction of sp³-hybridized carbons (Fsp3) is 0.333. The number of carbonyl (C=O) groups is 1. The fourth-order valence-electron chi connectivity index (χ4n) is 1.42. The van der Waals surface area contributed by atoms with Crippen molar-refractivity contribution in [2.45, 2.75) is 20.0 Å². The summed E-state index contributed by atoms with van der Waals surface area (Å²) in [6.07, 6.45) is 0.0363. The molecule has 0 atom stereocenters. The highest BCUT2D eigenvalue weighted by atomic mass is 16.6. The molecule has 0 aliphatic heterocycles. The third kappa shape index (κ3) is 3.27. The van der Waals surface area contributed by atoms with Gasteiger partial charge in [-0.05, 0) is 42.5 Å². The Balaban J connectivity index is 2.13. The molecule has 0 amide bonds. The number of esters is 1. The van der Waals surface area contributed by atoms with Gasteiger partial charge in [0.05, 0.1) is 11.7 Å². The fourth-order valence-corrected chi connectivity index (χ4v) is 1.42. The summed E-state index contributed by atoms with van der Waals surface area (Å²) in [7, 11) is 1.58. The molecule has 7 heteroatoms. The van der Waals surface area contributed by atoms with Crippen molar-refractivity contribution >= 4 is 5.97 Å². The van der Waals surface area contributed by atoms with E-state index in [1.54, 1.807) is 31.3 Å². The Hall–Kier alpha value is -2.44. The van der Waals surface area contributed by atoms with Crippen molar-refractivity contribution < 1.29 is 14.3 Å². The number of carbonyl (C=O) groups excluding carboxylic acids is 1. The molecule has 2 rings (SSSR count). The molecule has 0 bridgehead atoms. The Morgan fingerprint density at radius 3 is 2.79 bits per heavy atom. The van der Waals surface area contributed by atoms with Gasteiger partial charge in [0, 0.05) is 7.05 Å². The summed E-state index contributed by atoms with van der Waals surface area (Å²) in [5.41, 5.74) is 0.376. The van der Waals surface area contributed by atoms with Gasteiger partial charge in [0.25, 0.3) is 0 Å². The van der Waals surface area contributed by atoms with Gasteiger partial charge in [-0.25, -0.2) is 4.79 Å². The van der Waals surface area contributed by atoms with Crippen molar-refractivity contribution in [2.24, 2.45) is 7.05 Å². The molecule has 7 nitrogen and oxygen atoms in total. The van der Waals surface area contributed by atoms with E-state index in [-0.39, 0.29) is 12.1 Å². The Kier molecular flexibility index (Phi) is 3.74. The molecule has 0 saturated heterocycles. The first-order chi connectivity index (χ1) is 9.06. The van der Waals surface area contributed by atoms with E-state index in [0.29, 0.717) is 11.3 Å². The summed E-state index contributed by atoms with van der Waals surface area (Å²) >= 11 is 0. The number of rotatable bonds is 4. The second kappa shape index (κ2) is 5.47. The molecule has 100 valence electrons. The van der Waals surface area contributed by atoms with Crippen molar-refractivity contribution in [3.05, 3.63) is 29.8 Å². The first-order valence-electron chi connectivity index (χ1n) is 5.77. The van der Waals surface area contributed by atoms with E-state index in [1.807, 2.05) is 13.8 Å². The predicted octanol–water partition coefficient (Wildman–Crippen LogP) is 1.22. The number of hydrogen-bond donors (Lipinski definition) is 0. The van der Waals surface area contributed by atoms with Gasteiger partial charge in [-0.3, -0.25) is 0 Å². The van der Waals surface area contributed by atoms with E-state index in [9.17, 15) is 4.79 Å². The minimum Gasteiger partial charge on any atom is -0.491 e. The van der Waals surface area contributed by atoms with Crippen LogP contribution in [0.5, 0.6) is 11.8 Å². The van der Waals surface area contributed by atoms with E-state index in [0.717, 1.165) is 0 Å². The van der Waals surface area contributed by atoms with Crippen molar-refractivity contribution in [1.82, 2.24) is 20.2 Å². The summed E-state index contributed by atoms with van der Waals surface area (Å²) in [5.74, 6) is 0.0765. The first-order valence-corrected chi connectivity index (χ1v) is 5.77. The molecule has 0 spiro atoms. The van der Waals surface area contributed by atoms with Crippen molar-refractivity contribution in [3.8, 4) is 11.8 Å². The molecule has 0 fully saturated rings. The van der Waals surface area contributed by atoms with Crippen LogP contribution in [-0.2, 0) is 7.05 Å². The normalized spacial score (nSPS) is 10.5. The minimum atomic E-state index is -0.535. The number of benzene rings is 1. The van der Waals surface area contributed by atoms with Crippen LogP contribution < -0.4 is 9.47 Å². The number of nitrogens with zero attached hydrogens (tertiary/aromatic N) is 4. The van der Waals surface area contributed by atoms with Crippen LogP contribution in [0.1, 0.15) is 24.2 Å². The van der Waals surface area contributed by atoms with Crippen molar-refractivity contribution in [2.75, 3.05) is 0 Å². The Labute approximate surface area is 110 Å². The lowest BCUT2D eigenvalue weighted by atomic mass is 10.2. The molecular formula is C12H14N4O3. The lowest BCUT2D eigenvalue weighted by molar-refractivity contribution is 0.0711. The summed E-state index contributed by atoms with van der Waals surface area (Å²) in [4.78, 5) is 11.9. The van der Waals surface area contributed by atoms with Gasteiger partial charge in [0.2, 0.25) is 0 Å². The van der Waals surface area contributed by atoms with Gasteiger partial charge in [-0.15, -0.1) is 0 Å². The number of tetrazole rings is 1. The van der Waals surface area contributed by atoms with Gasteiger partial charge in [0.15, 0.2) is 0 Å². The van der Waals surface area contributed by atoms with Crippen LogP contribution in [0.15, 0.2) is 24.3 Å². The highest BCUT2D eigenvalue weighted by Crippen LogP contribution is 2.16. The Bertz CT molecular complexity index is 580. The van der Waals surface area contributed by atoms with Crippen LogP contribution in [0, 0.1) is 0 Å². The zero-order valence-electron chi connectivity index (χ0n) is 10.9. The number of aromatic nitrogens is 4. The molecule has 19 heavy (non-hydrogen) atoms. The van der Waals surface area contributed by atoms with E-state index in [4.69, 9.17) is 9.47 Å². The molecule has 0 unspecified atom stereocenters. The second-order valence-corrected chi connectivity index (χ2v) is 4.17. The summed E-state index contributed by atoms with van der Waals surface area (Å²) in [6.45, 7) is 3.83. The number of ether oxygens (including phenoxy) is 2. The standard InChI is InChI=1S/C12H14N4O3/c1-8(2)18-10-6-4-5-9(7-10)11(17)19-12-13-14-15-16(12)3/h4-8H,1-3H3. The van der Waals surface area contributed by atoms with Crippen LogP contribution in [-0.4, -0.2) is 32.3 Å². The minimum absolute atomic E-state index is 0.0363. The van der Waals surface area contributed by atoms with Gasteiger partial charge < -0.3 is 9.47 Å². The van der Waals surface area contributed by atoms with Crippen molar-refractivity contribution in [1.29, 1.82) is 0 Å². The molecule has 0 radical (unpaired) electrons. The van der Waals surface area contributed by atoms with Crippen LogP contribution in [0.2, 0.25) is 0 Å². The van der Waals surface area contributed by atoms with Crippen LogP contribution in [0.25, 0.3) is 0 Å². The van der Waals surface area contributed by atoms with E-state index >= 15 is 0 Å². The highest BCUT2D eigenvalue weighted by Gasteiger charge is 2.13. The molecule has 2 aromatic rings. The molecule has 0 N–H and O–H groups in total. The van der Waals surface area contributed by atoms with E-state index < -0.39 is 5.97 Å². The van der Waals surface area contributed by atoms with Gasteiger partial charge in [0.1, 0.15) is 5.75 Å². The maximum atomic E-state index is 11.9. The van der Waals surface area contributed by atoms with Crippen LogP contribution in [0.4, 0.5) is 0 Å². The Morgan fingerprint density at radius 1 is 1.37 bits per heavy atom. The lowest BCUT2D eigenvalue weighted by Crippen LogP contribution is -2.12. The molecule has 1 aromatic carbocycles. The largest absolute Gasteiger partial charge is 0.491 e. The summed E-state index contributed by atoms with van der Waals surface area (Å²) in [5, 5.41) is 10.5. The third-order valence-corrected chi connectivity index (χ3v) is 2.21. The second-order valence-electron chi connectivity index (χ2n) is 4.17. The van der Waals surface area contributed by atoms with E-state index in [2.05, 4.69) is 15.5 Å². The lowest BCUT2D eigenvalue weighted by Gasteiger charge is -2.10. The molecular weight excluding hydrogens is 248 g/mol. The van der Waals surface area contributed by atoms with Gasteiger partial charge in [-0.2, -0.15) is 4.68 Å².